The number of likely N-dealkylation sites (tertiary alicyclic amines) is 1. The number of halogens is 3. The van der Waals surface area contributed by atoms with Gasteiger partial charge in [-0.2, -0.15) is 0 Å². The number of rotatable bonds is 5. The summed E-state index contributed by atoms with van der Waals surface area (Å²) in [6.45, 7) is 9.79. The lowest BCUT2D eigenvalue weighted by atomic mass is 9.76. The van der Waals surface area contributed by atoms with Crippen molar-refractivity contribution in [3.05, 3.63) is 72.5 Å². The Morgan fingerprint density at radius 2 is 1.92 bits per heavy atom. The Kier molecular flexibility index (Phi) is 7.46. The highest BCUT2D eigenvalue weighted by Gasteiger charge is 2.53. The molecule has 6 nitrogen and oxygen atoms in total. The second-order valence-corrected chi connectivity index (χ2v) is 10.4. The van der Waals surface area contributed by atoms with Crippen molar-refractivity contribution in [3.8, 4) is 11.5 Å². The molecule has 0 saturated carbocycles. The summed E-state index contributed by atoms with van der Waals surface area (Å²) in [5.41, 5.74) is 0.0101. The van der Waals surface area contributed by atoms with Gasteiger partial charge in [0.2, 0.25) is 0 Å². The normalized spacial score (nSPS) is 24.1. The fourth-order valence-electron chi connectivity index (χ4n) is 5.34. The summed E-state index contributed by atoms with van der Waals surface area (Å²) in [6, 6.07) is 13.2. The second-order valence-electron chi connectivity index (χ2n) is 10.4. The van der Waals surface area contributed by atoms with E-state index in [1.807, 2.05) is 51.1 Å². The SMILES string of the molecule is C=COc1ccc(O[14C](F)(F)F)cc1[C@@H]1CO[C@]2(CCCN(C(=O)OC(C)(C)C)[C@H]2c2ccccc2)C1. The van der Waals surface area contributed by atoms with Gasteiger partial charge >= 0.3 is 12.5 Å². The van der Waals surface area contributed by atoms with Crippen LogP contribution in [0.1, 0.15) is 63.1 Å². The first-order chi connectivity index (χ1) is 17.4. The van der Waals surface area contributed by atoms with E-state index >= 15 is 0 Å². The predicted octanol–water partition coefficient (Wildman–Crippen LogP) is 7.12. The summed E-state index contributed by atoms with van der Waals surface area (Å²) in [4.78, 5) is 15.0. The molecule has 2 saturated heterocycles. The van der Waals surface area contributed by atoms with Gasteiger partial charge in [0.15, 0.2) is 0 Å². The zero-order chi connectivity index (χ0) is 26.8. The van der Waals surface area contributed by atoms with E-state index in [2.05, 4.69) is 11.3 Å². The Hall–Kier alpha value is -3.20. The Morgan fingerprint density at radius 1 is 1.19 bits per heavy atom. The molecule has 4 rings (SSSR count). The molecule has 2 heterocycles. The molecular formula is C28H32F3NO5. The van der Waals surface area contributed by atoms with E-state index in [1.54, 1.807) is 4.90 Å². The number of piperidine rings is 1. The highest BCUT2D eigenvalue weighted by Crippen LogP contribution is 2.53. The number of carbonyl (C=O) groups excluding carboxylic acids is 1. The molecule has 2 aromatic rings. The number of carbonyl (C=O) groups is 1. The van der Waals surface area contributed by atoms with Crippen LogP contribution in [0.3, 0.4) is 0 Å². The van der Waals surface area contributed by atoms with Crippen molar-refractivity contribution < 1.29 is 36.9 Å². The van der Waals surface area contributed by atoms with Gasteiger partial charge in [-0.3, -0.25) is 4.90 Å². The zero-order valence-corrected chi connectivity index (χ0v) is 21.2. The van der Waals surface area contributed by atoms with E-state index in [0.29, 0.717) is 37.1 Å². The first kappa shape index (κ1) is 26.9. The molecular weight excluding hydrogens is 489 g/mol. The van der Waals surface area contributed by atoms with Gasteiger partial charge in [0.25, 0.3) is 0 Å². The van der Waals surface area contributed by atoms with E-state index in [1.165, 1.54) is 24.5 Å². The van der Waals surface area contributed by atoms with Gasteiger partial charge < -0.3 is 18.9 Å². The molecule has 0 radical (unpaired) electrons. The maximum Gasteiger partial charge on any atom is 0.573 e. The molecule has 37 heavy (non-hydrogen) atoms. The van der Waals surface area contributed by atoms with E-state index < -0.39 is 29.7 Å². The Balaban J connectivity index is 1.70. The molecule has 0 N–H and O–H groups in total. The van der Waals surface area contributed by atoms with Crippen molar-refractivity contribution in [1.82, 2.24) is 4.90 Å². The van der Waals surface area contributed by atoms with Gasteiger partial charge in [0.1, 0.15) is 17.1 Å². The Morgan fingerprint density at radius 3 is 2.57 bits per heavy atom. The molecule has 0 bridgehead atoms. The summed E-state index contributed by atoms with van der Waals surface area (Å²) < 4.78 is 60.7. The standard InChI is InChI=1S/C28H32F3NO5/c1-5-34-23-13-12-21(36-28(29,30)31)16-22(23)20-17-27(35-18-20)14-9-15-32(25(33)37-26(2,3)4)24(27)19-10-7-6-8-11-19/h5-8,10-13,16,20,24H,1,9,14-15,17-18H2,2-4H3/t20-,24-,27+/m0/s1/i28+2. The minimum atomic E-state index is -4.82. The maximum absolute atomic E-state index is 13.3. The van der Waals surface area contributed by atoms with Gasteiger partial charge in [0.05, 0.1) is 24.5 Å². The van der Waals surface area contributed by atoms with Crippen LogP contribution in [-0.2, 0) is 9.47 Å². The molecule has 1 amide bonds. The van der Waals surface area contributed by atoms with Crippen molar-refractivity contribution in [2.75, 3.05) is 13.2 Å². The fraction of sp³-hybridized carbons (Fsp3) is 0.464. The predicted molar refractivity (Wildman–Crippen MR) is 131 cm³/mol. The molecule has 1 spiro atoms. The average Bonchev–Trinajstić information content (AvgIpc) is 3.22. The number of nitrogens with zero attached hydrogens (tertiary/aromatic N) is 1. The van der Waals surface area contributed by atoms with Crippen molar-refractivity contribution in [3.63, 3.8) is 0 Å². The number of hydrogen-bond donors (Lipinski definition) is 0. The average molecular weight is 522 g/mol. The summed E-state index contributed by atoms with van der Waals surface area (Å²) in [5, 5.41) is 0. The Labute approximate surface area is 214 Å². The highest BCUT2D eigenvalue weighted by atomic mass is 19.6. The van der Waals surface area contributed by atoms with Gasteiger partial charge in [-0.1, -0.05) is 36.9 Å². The number of amides is 1. The molecule has 200 valence electrons. The van der Waals surface area contributed by atoms with Crippen LogP contribution in [0.2, 0.25) is 0 Å². The van der Waals surface area contributed by atoms with Gasteiger partial charge in [-0.25, -0.2) is 4.79 Å². The minimum absolute atomic E-state index is 0.245. The first-order valence-corrected chi connectivity index (χ1v) is 12.3. The zero-order valence-electron chi connectivity index (χ0n) is 21.2. The van der Waals surface area contributed by atoms with Crippen molar-refractivity contribution in [2.45, 2.75) is 69.6 Å². The van der Waals surface area contributed by atoms with Crippen LogP contribution >= 0.6 is 0 Å². The summed E-state index contributed by atoms with van der Waals surface area (Å²) in [7, 11) is 0. The van der Waals surface area contributed by atoms with E-state index in [9.17, 15) is 18.0 Å². The van der Waals surface area contributed by atoms with Crippen LogP contribution in [0.5, 0.6) is 11.5 Å². The van der Waals surface area contributed by atoms with Gasteiger partial charge in [0, 0.05) is 18.0 Å². The molecule has 2 aromatic carbocycles. The van der Waals surface area contributed by atoms with Crippen molar-refractivity contribution >= 4 is 6.09 Å². The lowest BCUT2D eigenvalue weighted by Gasteiger charge is -2.47. The number of ether oxygens (including phenoxy) is 4. The van der Waals surface area contributed by atoms with Crippen LogP contribution in [-0.4, -0.2) is 41.7 Å². The van der Waals surface area contributed by atoms with E-state index in [4.69, 9.17) is 14.2 Å². The number of benzene rings is 2. The molecule has 2 aliphatic heterocycles. The van der Waals surface area contributed by atoms with Crippen molar-refractivity contribution in [1.29, 1.82) is 0 Å². The van der Waals surface area contributed by atoms with Crippen molar-refractivity contribution in [2.24, 2.45) is 0 Å². The minimum Gasteiger partial charge on any atom is -0.465 e. The molecule has 2 fully saturated rings. The topological polar surface area (TPSA) is 57.2 Å². The lowest BCUT2D eigenvalue weighted by molar-refractivity contribution is -0.274. The molecule has 3 atom stereocenters. The van der Waals surface area contributed by atoms with Gasteiger partial charge in [-0.05, 0) is 63.8 Å². The fourth-order valence-corrected chi connectivity index (χ4v) is 5.34. The monoisotopic (exact) mass is 521 g/mol. The number of hydrogen-bond acceptors (Lipinski definition) is 5. The van der Waals surface area contributed by atoms with Crippen LogP contribution in [0.4, 0.5) is 18.0 Å². The number of alkyl halides is 3. The molecule has 0 aliphatic carbocycles. The molecule has 0 unspecified atom stereocenters. The Bertz CT molecular complexity index is 1120. The molecule has 0 aromatic heterocycles. The maximum atomic E-state index is 13.3. The van der Waals surface area contributed by atoms with Crippen LogP contribution in [0, 0.1) is 0 Å². The summed E-state index contributed by atoms with van der Waals surface area (Å²) >= 11 is 0. The smallest absolute Gasteiger partial charge is 0.465 e. The summed E-state index contributed by atoms with van der Waals surface area (Å²) in [5.74, 6) is -0.249. The first-order valence-electron chi connectivity index (χ1n) is 12.3. The lowest BCUT2D eigenvalue weighted by Crippen LogP contribution is -2.53. The summed E-state index contributed by atoms with van der Waals surface area (Å²) in [6.07, 6.45) is -2.17. The highest BCUT2D eigenvalue weighted by molar-refractivity contribution is 5.69. The van der Waals surface area contributed by atoms with Crippen LogP contribution in [0.15, 0.2) is 61.4 Å². The van der Waals surface area contributed by atoms with Crippen LogP contribution < -0.4 is 9.47 Å². The van der Waals surface area contributed by atoms with E-state index in [-0.39, 0.29) is 18.3 Å². The third-order valence-electron chi connectivity index (χ3n) is 6.58. The van der Waals surface area contributed by atoms with E-state index in [0.717, 1.165) is 5.56 Å². The van der Waals surface area contributed by atoms with Gasteiger partial charge in [-0.15, -0.1) is 13.2 Å². The third kappa shape index (κ3) is 6.21. The van der Waals surface area contributed by atoms with Crippen LogP contribution in [0.25, 0.3) is 0 Å². The molecule has 2 aliphatic rings. The quantitative estimate of drug-likeness (QED) is 0.392. The largest absolute Gasteiger partial charge is 0.573 e. The molecule has 9 heteroatoms. The third-order valence-corrected chi connectivity index (χ3v) is 6.58. The second kappa shape index (κ2) is 10.3.